The maximum absolute atomic E-state index is 12.2. The van der Waals surface area contributed by atoms with E-state index >= 15 is 0 Å². The van der Waals surface area contributed by atoms with E-state index in [1.807, 2.05) is 13.8 Å². The fourth-order valence-corrected chi connectivity index (χ4v) is 3.38. The van der Waals surface area contributed by atoms with E-state index in [-0.39, 0.29) is 23.8 Å². The normalized spacial score (nSPS) is 27.4. The van der Waals surface area contributed by atoms with Gasteiger partial charge in [0.2, 0.25) is 11.8 Å². The fraction of sp³-hybridized carbons (Fsp3) is 0.875. The lowest BCUT2D eigenvalue weighted by Crippen LogP contribution is -2.42. The van der Waals surface area contributed by atoms with Crippen LogP contribution in [-0.2, 0) is 9.59 Å². The average Bonchev–Trinajstić information content (AvgIpc) is 2.81. The minimum absolute atomic E-state index is 0.0385. The Bertz CT molecular complexity index is 384. The van der Waals surface area contributed by atoms with Gasteiger partial charge in [0, 0.05) is 38.6 Å². The van der Waals surface area contributed by atoms with Gasteiger partial charge in [0.25, 0.3) is 0 Å². The van der Waals surface area contributed by atoms with Crippen LogP contribution in [0.4, 0.5) is 0 Å². The average molecular weight is 295 g/mol. The summed E-state index contributed by atoms with van der Waals surface area (Å²) in [6.07, 6.45) is 2.94. The quantitative estimate of drug-likeness (QED) is 0.826. The van der Waals surface area contributed by atoms with Crippen LogP contribution in [0.5, 0.6) is 0 Å². The van der Waals surface area contributed by atoms with Crippen LogP contribution in [0.1, 0.15) is 40.0 Å². The van der Waals surface area contributed by atoms with E-state index < -0.39 is 0 Å². The van der Waals surface area contributed by atoms with Crippen molar-refractivity contribution >= 4 is 11.8 Å². The van der Waals surface area contributed by atoms with Crippen LogP contribution in [0.3, 0.4) is 0 Å². The highest BCUT2D eigenvalue weighted by Crippen LogP contribution is 2.20. The summed E-state index contributed by atoms with van der Waals surface area (Å²) in [4.78, 5) is 28.2. The van der Waals surface area contributed by atoms with Gasteiger partial charge in [0.1, 0.15) is 0 Å². The molecule has 2 aliphatic heterocycles. The number of nitrogens with zero attached hydrogens (tertiary/aromatic N) is 2. The molecule has 120 valence electrons. The summed E-state index contributed by atoms with van der Waals surface area (Å²) in [6.45, 7) is 10.7. The van der Waals surface area contributed by atoms with Crippen molar-refractivity contribution in [2.24, 2.45) is 11.8 Å². The second kappa shape index (κ2) is 7.25. The molecule has 2 amide bonds. The minimum atomic E-state index is -0.167. The number of nitrogens with one attached hydrogen (secondary N) is 1. The number of carbonyl (C=O) groups is 2. The SMILES string of the molecule is CC(C)N1C[C@@H](C(=O)NCCN2CCC[C@@H](C)C2)CC1=O. The van der Waals surface area contributed by atoms with E-state index in [9.17, 15) is 9.59 Å². The number of hydrogen-bond donors (Lipinski definition) is 1. The second-order valence-electron chi connectivity index (χ2n) is 6.88. The van der Waals surface area contributed by atoms with Crippen LogP contribution in [0.2, 0.25) is 0 Å². The number of likely N-dealkylation sites (tertiary alicyclic amines) is 2. The molecule has 5 nitrogen and oxygen atoms in total. The van der Waals surface area contributed by atoms with Gasteiger partial charge >= 0.3 is 0 Å². The zero-order valence-corrected chi connectivity index (χ0v) is 13.6. The third-order valence-electron chi connectivity index (χ3n) is 4.62. The summed E-state index contributed by atoms with van der Waals surface area (Å²) >= 11 is 0. The van der Waals surface area contributed by atoms with E-state index in [1.165, 1.54) is 12.8 Å². The summed E-state index contributed by atoms with van der Waals surface area (Å²) in [7, 11) is 0. The molecule has 21 heavy (non-hydrogen) atoms. The molecule has 0 unspecified atom stereocenters. The van der Waals surface area contributed by atoms with Crippen LogP contribution >= 0.6 is 0 Å². The van der Waals surface area contributed by atoms with Gasteiger partial charge in [-0.2, -0.15) is 0 Å². The van der Waals surface area contributed by atoms with Crippen molar-refractivity contribution in [1.82, 2.24) is 15.1 Å². The Hall–Kier alpha value is -1.10. The van der Waals surface area contributed by atoms with Gasteiger partial charge in [0.05, 0.1) is 5.92 Å². The molecule has 0 bridgehead atoms. The lowest BCUT2D eigenvalue weighted by molar-refractivity contribution is -0.129. The van der Waals surface area contributed by atoms with Crippen molar-refractivity contribution in [3.8, 4) is 0 Å². The number of hydrogen-bond acceptors (Lipinski definition) is 3. The first-order chi connectivity index (χ1) is 9.97. The molecule has 2 saturated heterocycles. The highest BCUT2D eigenvalue weighted by atomic mass is 16.2. The smallest absolute Gasteiger partial charge is 0.225 e. The summed E-state index contributed by atoms with van der Waals surface area (Å²) in [5.74, 6) is 0.744. The first-order valence-electron chi connectivity index (χ1n) is 8.27. The van der Waals surface area contributed by atoms with Crippen LogP contribution in [0.25, 0.3) is 0 Å². The Kier molecular flexibility index (Phi) is 5.62. The van der Waals surface area contributed by atoms with Crippen molar-refractivity contribution < 1.29 is 9.59 Å². The molecule has 0 aromatic rings. The van der Waals surface area contributed by atoms with Crippen LogP contribution in [0.15, 0.2) is 0 Å². The molecule has 0 aliphatic carbocycles. The van der Waals surface area contributed by atoms with Gasteiger partial charge in [-0.25, -0.2) is 0 Å². The summed E-state index contributed by atoms with van der Waals surface area (Å²) in [6, 6.07) is 0.185. The zero-order chi connectivity index (χ0) is 15.4. The van der Waals surface area contributed by atoms with Crippen molar-refractivity contribution in [3.63, 3.8) is 0 Å². The molecule has 0 aromatic heterocycles. The first kappa shape index (κ1) is 16.3. The zero-order valence-electron chi connectivity index (χ0n) is 13.6. The lowest BCUT2D eigenvalue weighted by Gasteiger charge is -2.30. The Labute approximate surface area is 128 Å². The van der Waals surface area contributed by atoms with Gasteiger partial charge < -0.3 is 15.1 Å². The van der Waals surface area contributed by atoms with E-state index in [1.54, 1.807) is 4.90 Å². The minimum Gasteiger partial charge on any atom is -0.355 e. The van der Waals surface area contributed by atoms with Crippen molar-refractivity contribution in [2.75, 3.05) is 32.7 Å². The highest BCUT2D eigenvalue weighted by molar-refractivity contribution is 5.89. The van der Waals surface area contributed by atoms with E-state index in [0.29, 0.717) is 19.5 Å². The molecule has 0 aromatic carbocycles. The highest BCUT2D eigenvalue weighted by Gasteiger charge is 2.35. The monoisotopic (exact) mass is 295 g/mol. The molecular weight excluding hydrogens is 266 g/mol. The van der Waals surface area contributed by atoms with Crippen LogP contribution < -0.4 is 5.32 Å². The first-order valence-corrected chi connectivity index (χ1v) is 8.27. The number of piperidine rings is 1. The summed E-state index contributed by atoms with van der Waals surface area (Å²) in [5, 5.41) is 3.01. The summed E-state index contributed by atoms with van der Waals surface area (Å²) in [5.41, 5.74) is 0. The number of rotatable bonds is 5. The van der Waals surface area contributed by atoms with Crippen LogP contribution in [0, 0.1) is 11.8 Å². The molecule has 2 aliphatic rings. The Balaban J connectivity index is 1.69. The van der Waals surface area contributed by atoms with E-state index in [2.05, 4.69) is 17.1 Å². The Morgan fingerprint density at radius 1 is 1.38 bits per heavy atom. The van der Waals surface area contributed by atoms with Gasteiger partial charge in [-0.1, -0.05) is 6.92 Å². The van der Waals surface area contributed by atoms with Gasteiger partial charge in [-0.15, -0.1) is 0 Å². The third-order valence-corrected chi connectivity index (χ3v) is 4.62. The number of amides is 2. The third kappa shape index (κ3) is 4.43. The largest absolute Gasteiger partial charge is 0.355 e. The number of carbonyl (C=O) groups excluding carboxylic acids is 2. The van der Waals surface area contributed by atoms with Crippen molar-refractivity contribution in [3.05, 3.63) is 0 Å². The molecule has 2 rings (SSSR count). The predicted molar refractivity (Wildman–Crippen MR) is 82.8 cm³/mol. The molecule has 0 radical (unpaired) electrons. The van der Waals surface area contributed by atoms with E-state index in [4.69, 9.17) is 0 Å². The van der Waals surface area contributed by atoms with Gasteiger partial charge in [-0.05, 0) is 39.2 Å². The molecular formula is C16H29N3O2. The predicted octanol–water partition coefficient (Wildman–Crippen LogP) is 1.09. The van der Waals surface area contributed by atoms with Crippen molar-refractivity contribution in [1.29, 1.82) is 0 Å². The molecule has 1 N–H and O–H groups in total. The summed E-state index contributed by atoms with van der Waals surface area (Å²) < 4.78 is 0. The molecule has 0 spiro atoms. The maximum atomic E-state index is 12.2. The molecule has 2 fully saturated rings. The topological polar surface area (TPSA) is 52.7 Å². The Morgan fingerprint density at radius 3 is 2.76 bits per heavy atom. The maximum Gasteiger partial charge on any atom is 0.225 e. The molecule has 2 heterocycles. The Morgan fingerprint density at radius 2 is 2.14 bits per heavy atom. The van der Waals surface area contributed by atoms with Crippen molar-refractivity contribution in [2.45, 2.75) is 46.1 Å². The lowest BCUT2D eigenvalue weighted by atomic mass is 10.0. The fourth-order valence-electron chi connectivity index (χ4n) is 3.38. The standard InChI is InChI=1S/C16H29N3O2/c1-12(2)19-11-14(9-15(19)20)16(21)17-6-8-18-7-4-5-13(3)10-18/h12-14H,4-11H2,1-3H3,(H,17,21)/t13-,14+/m1/s1. The molecule has 0 saturated carbocycles. The second-order valence-corrected chi connectivity index (χ2v) is 6.88. The van der Waals surface area contributed by atoms with Gasteiger partial charge in [0.15, 0.2) is 0 Å². The van der Waals surface area contributed by atoms with E-state index in [0.717, 1.165) is 25.6 Å². The van der Waals surface area contributed by atoms with Gasteiger partial charge in [-0.3, -0.25) is 9.59 Å². The van der Waals surface area contributed by atoms with Crippen LogP contribution in [-0.4, -0.2) is 60.4 Å². The molecule has 2 atom stereocenters. The molecule has 5 heteroatoms.